The van der Waals surface area contributed by atoms with E-state index in [-0.39, 0.29) is 6.10 Å². The van der Waals surface area contributed by atoms with Gasteiger partial charge in [-0.1, -0.05) is 85.2 Å². The summed E-state index contributed by atoms with van der Waals surface area (Å²) in [6.07, 6.45) is 13.4. The number of allylic oxidation sites excluding steroid dienone is 1. The number of fused-ring (bicyclic) bond motifs is 5. The van der Waals surface area contributed by atoms with Gasteiger partial charge in [-0.3, -0.25) is 0 Å². The lowest BCUT2D eigenvalue weighted by atomic mass is 9.51. The molecule has 2 N–H and O–H groups in total. The van der Waals surface area contributed by atoms with Crippen LogP contribution in [0, 0.1) is 35.0 Å². The molecular formula is C37H64O4S. The first-order valence-electron chi connectivity index (χ1n) is 17.6. The van der Waals surface area contributed by atoms with Crippen LogP contribution < -0.4 is 0 Å². The van der Waals surface area contributed by atoms with E-state index >= 15 is 0 Å². The van der Waals surface area contributed by atoms with E-state index < -0.39 is 21.2 Å². The summed E-state index contributed by atoms with van der Waals surface area (Å²) in [6, 6.07) is 8.83. The summed E-state index contributed by atoms with van der Waals surface area (Å²) in [5.74, 6) is 3.51. The summed E-state index contributed by atoms with van der Waals surface area (Å²) in [7, 11) is -3.47. The Kier molecular flexibility index (Phi) is 15.3. The van der Waals surface area contributed by atoms with Crippen LogP contribution in [0.15, 0.2) is 46.9 Å². The van der Waals surface area contributed by atoms with Gasteiger partial charge < -0.3 is 10.2 Å². The molecule has 0 radical (unpaired) electrons. The first kappa shape index (κ1) is 37.0. The quantitative estimate of drug-likeness (QED) is 0.290. The van der Waals surface area contributed by atoms with E-state index in [1.807, 2.05) is 54.5 Å². The van der Waals surface area contributed by atoms with Crippen molar-refractivity contribution in [2.45, 2.75) is 155 Å². The fourth-order valence-electron chi connectivity index (χ4n) is 8.89. The van der Waals surface area contributed by atoms with Gasteiger partial charge in [-0.15, -0.1) is 0 Å². The topological polar surface area (TPSA) is 74.6 Å². The highest BCUT2D eigenvalue weighted by Gasteiger charge is 2.55. The molecule has 4 aliphatic rings. The number of hydrogen-bond acceptors (Lipinski definition) is 4. The van der Waals surface area contributed by atoms with Crippen molar-refractivity contribution in [1.29, 1.82) is 0 Å². The molecule has 8 unspecified atom stereocenters. The summed E-state index contributed by atoms with van der Waals surface area (Å²) >= 11 is 0. The van der Waals surface area contributed by atoms with Gasteiger partial charge in [0.25, 0.3) is 0 Å². The number of benzene rings is 1. The third-order valence-corrected chi connectivity index (χ3v) is 13.2. The van der Waals surface area contributed by atoms with Crippen LogP contribution in [-0.2, 0) is 9.84 Å². The molecule has 5 heteroatoms. The van der Waals surface area contributed by atoms with Crippen LogP contribution >= 0.6 is 0 Å². The summed E-state index contributed by atoms with van der Waals surface area (Å²) in [5.41, 5.74) is 1.84. The SMILES string of the molecule is CC.CC.CC.CCC(O)CC(CC[C@H]1CCC2C3CC=C4CC(O)CCC4C3CCC21C)S(=O)(=O)c1ccccc1. The van der Waals surface area contributed by atoms with Gasteiger partial charge in [-0.05, 0) is 124 Å². The van der Waals surface area contributed by atoms with Gasteiger partial charge in [0.1, 0.15) is 0 Å². The van der Waals surface area contributed by atoms with Crippen molar-refractivity contribution in [3.8, 4) is 0 Å². The van der Waals surface area contributed by atoms with Crippen LogP contribution in [0.1, 0.15) is 132 Å². The van der Waals surface area contributed by atoms with E-state index in [1.54, 1.807) is 24.3 Å². The first-order valence-corrected chi connectivity index (χ1v) is 19.1. The van der Waals surface area contributed by atoms with Gasteiger partial charge in [0.2, 0.25) is 0 Å². The second-order valence-electron chi connectivity index (χ2n) is 12.7. The van der Waals surface area contributed by atoms with Crippen molar-refractivity contribution >= 4 is 9.84 Å². The lowest BCUT2D eigenvalue weighted by molar-refractivity contribution is -0.0200. The minimum atomic E-state index is -3.47. The molecular weight excluding hydrogens is 540 g/mol. The molecule has 0 saturated heterocycles. The molecule has 3 saturated carbocycles. The zero-order valence-electron chi connectivity index (χ0n) is 28.2. The van der Waals surface area contributed by atoms with Gasteiger partial charge in [0.05, 0.1) is 22.4 Å². The van der Waals surface area contributed by atoms with E-state index in [1.165, 1.54) is 37.7 Å². The summed E-state index contributed by atoms with van der Waals surface area (Å²) in [4.78, 5) is 0.386. The molecule has 0 aliphatic heterocycles. The minimum Gasteiger partial charge on any atom is -0.393 e. The molecule has 42 heavy (non-hydrogen) atoms. The van der Waals surface area contributed by atoms with Crippen LogP contribution in [0.3, 0.4) is 0 Å². The maximum Gasteiger partial charge on any atom is 0.181 e. The molecule has 4 aliphatic carbocycles. The Labute approximate surface area is 259 Å². The Morgan fingerprint density at radius 1 is 0.929 bits per heavy atom. The molecule has 242 valence electrons. The Hall–Kier alpha value is -1.17. The maximum atomic E-state index is 13.6. The van der Waals surface area contributed by atoms with Crippen molar-refractivity contribution < 1.29 is 18.6 Å². The van der Waals surface area contributed by atoms with Crippen molar-refractivity contribution in [3.63, 3.8) is 0 Å². The van der Waals surface area contributed by atoms with Gasteiger partial charge in [0.15, 0.2) is 9.84 Å². The zero-order chi connectivity index (χ0) is 31.5. The minimum absolute atomic E-state index is 0.139. The maximum absolute atomic E-state index is 13.6. The van der Waals surface area contributed by atoms with Crippen LogP contribution in [0.25, 0.3) is 0 Å². The lowest BCUT2D eigenvalue weighted by Gasteiger charge is -2.54. The van der Waals surface area contributed by atoms with Crippen molar-refractivity contribution in [1.82, 2.24) is 0 Å². The van der Waals surface area contributed by atoms with E-state index in [2.05, 4.69) is 13.0 Å². The molecule has 5 rings (SSSR count). The second kappa shape index (κ2) is 17.4. The van der Waals surface area contributed by atoms with Crippen LogP contribution in [0.4, 0.5) is 0 Å². The highest BCUT2D eigenvalue weighted by atomic mass is 32.2. The van der Waals surface area contributed by atoms with Crippen molar-refractivity contribution in [2.24, 2.45) is 35.0 Å². The third kappa shape index (κ3) is 8.10. The molecule has 0 heterocycles. The smallest absolute Gasteiger partial charge is 0.181 e. The zero-order valence-corrected chi connectivity index (χ0v) is 29.0. The van der Waals surface area contributed by atoms with Crippen LogP contribution in [0.5, 0.6) is 0 Å². The number of sulfone groups is 1. The number of hydrogen-bond donors (Lipinski definition) is 2. The van der Waals surface area contributed by atoms with E-state index in [4.69, 9.17) is 0 Å². The standard InChI is InChI=1S/C31H46O4S.3C2H6/c1-3-23(32)20-26(36(34,35)25-7-5-4-6-8-25)13-10-22-11-16-30-29-14-9-21-19-24(33)12-15-27(21)28(29)17-18-31(22,30)2;3*1-2/h4-9,22-24,26-30,32-33H,3,10-20H2,1-2H3;3*1-2H3/t22-,23?,24?,26?,27?,28?,29?,30?,31?;;;/m0.../s1. The average Bonchev–Trinajstić information content (AvgIpc) is 3.38. The molecule has 9 atom stereocenters. The van der Waals surface area contributed by atoms with E-state index in [0.717, 1.165) is 43.4 Å². The summed E-state index contributed by atoms with van der Waals surface area (Å²) in [6.45, 7) is 16.4. The van der Waals surface area contributed by atoms with Crippen molar-refractivity contribution in [2.75, 3.05) is 0 Å². The number of rotatable bonds is 8. The molecule has 1 aromatic carbocycles. The second-order valence-corrected chi connectivity index (χ2v) is 14.9. The van der Waals surface area contributed by atoms with Gasteiger partial charge in [-0.2, -0.15) is 0 Å². The largest absolute Gasteiger partial charge is 0.393 e. The number of aliphatic hydroxyl groups excluding tert-OH is 2. The van der Waals surface area contributed by atoms with E-state index in [0.29, 0.717) is 41.4 Å². The average molecular weight is 605 g/mol. The Morgan fingerprint density at radius 3 is 2.24 bits per heavy atom. The predicted octanol–water partition coefficient (Wildman–Crippen LogP) is 9.40. The molecule has 4 nitrogen and oxygen atoms in total. The Balaban J connectivity index is 0.000000966. The lowest BCUT2D eigenvalue weighted by Crippen LogP contribution is -2.46. The van der Waals surface area contributed by atoms with Gasteiger partial charge in [-0.25, -0.2) is 8.42 Å². The normalized spacial score (nSPS) is 32.9. The first-order chi connectivity index (χ1) is 20.2. The number of aliphatic hydroxyl groups is 2. The van der Waals surface area contributed by atoms with Gasteiger partial charge >= 0.3 is 0 Å². The van der Waals surface area contributed by atoms with Gasteiger partial charge in [0, 0.05) is 0 Å². The Bertz CT molecular complexity index is 1040. The Morgan fingerprint density at radius 2 is 1.60 bits per heavy atom. The van der Waals surface area contributed by atoms with Crippen LogP contribution in [-0.4, -0.2) is 36.1 Å². The molecule has 1 aromatic rings. The van der Waals surface area contributed by atoms with Crippen LogP contribution in [0.2, 0.25) is 0 Å². The summed E-state index contributed by atoms with van der Waals surface area (Å²) < 4.78 is 27.1. The predicted molar refractivity (Wildman–Crippen MR) is 178 cm³/mol. The highest BCUT2D eigenvalue weighted by Crippen LogP contribution is 2.64. The summed E-state index contributed by atoms with van der Waals surface area (Å²) in [5, 5.41) is 20.1. The van der Waals surface area contributed by atoms with E-state index in [9.17, 15) is 18.6 Å². The monoisotopic (exact) mass is 604 g/mol. The fraction of sp³-hybridized carbons (Fsp3) is 0.784. The molecule has 0 amide bonds. The van der Waals surface area contributed by atoms with Crippen molar-refractivity contribution in [3.05, 3.63) is 42.0 Å². The molecule has 0 spiro atoms. The molecule has 0 aromatic heterocycles. The fourth-order valence-corrected chi connectivity index (χ4v) is 10.7. The molecule has 3 fully saturated rings. The third-order valence-electron chi connectivity index (χ3n) is 11.0. The molecule has 0 bridgehead atoms. The highest BCUT2D eigenvalue weighted by molar-refractivity contribution is 7.92.